The molecule has 3 aromatic rings. The summed E-state index contributed by atoms with van der Waals surface area (Å²) in [5.74, 6) is 0. The highest BCUT2D eigenvalue weighted by Crippen LogP contribution is 2.17. The lowest BCUT2D eigenvalue weighted by Gasteiger charge is -2.09. The maximum atomic E-state index is 12.5. The minimum Gasteiger partial charge on any atom is -0.306 e. The average molecular weight is 368 g/mol. The van der Waals surface area contributed by atoms with E-state index in [0.717, 1.165) is 16.8 Å². The van der Waals surface area contributed by atoms with Gasteiger partial charge in [0.15, 0.2) is 0 Å². The number of aromatic nitrogens is 2. The molecule has 0 aliphatic rings. The summed E-state index contributed by atoms with van der Waals surface area (Å²) in [6.07, 6.45) is 5.28. The summed E-state index contributed by atoms with van der Waals surface area (Å²) < 4.78 is 26.9. The van der Waals surface area contributed by atoms with Crippen LogP contribution in [0.5, 0.6) is 0 Å². The highest BCUT2D eigenvalue weighted by atomic mass is 32.2. The molecule has 2 aromatic carbocycles. The molecule has 0 fully saturated rings. The second-order valence-corrected chi connectivity index (χ2v) is 7.71. The van der Waals surface area contributed by atoms with Crippen molar-refractivity contribution in [2.45, 2.75) is 25.7 Å². The number of hydrazone groups is 1. The highest BCUT2D eigenvalue weighted by Gasteiger charge is 2.16. The molecule has 1 aromatic heterocycles. The Labute approximate surface area is 153 Å². The zero-order valence-electron chi connectivity index (χ0n) is 14.8. The van der Waals surface area contributed by atoms with Crippen molar-refractivity contribution < 1.29 is 8.42 Å². The summed E-state index contributed by atoms with van der Waals surface area (Å²) in [5, 5.41) is 4.07. The lowest BCUT2D eigenvalue weighted by atomic mass is 10.1. The zero-order valence-corrected chi connectivity index (χ0v) is 15.7. The SMILES string of the molecule is C/C(=N/NS(=O)(=O)c1cc(C)ccc1C)c1ccc(-n2ccnc2)cc1. The molecule has 0 unspecified atom stereocenters. The monoisotopic (exact) mass is 368 g/mol. The maximum Gasteiger partial charge on any atom is 0.276 e. The summed E-state index contributed by atoms with van der Waals surface area (Å²) >= 11 is 0. The lowest BCUT2D eigenvalue weighted by molar-refractivity contribution is 0.583. The van der Waals surface area contributed by atoms with Gasteiger partial charge in [0, 0.05) is 18.1 Å². The Bertz CT molecular complexity index is 1040. The van der Waals surface area contributed by atoms with Crippen molar-refractivity contribution in [1.82, 2.24) is 14.4 Å². The van der Waals surface area contributed by atoms with E-state index in [2.05, 4.69) is 14.9 Å². The molecule has 0 spiro atoms. The lowest BCUT2D eigenvalue weighted by Crippen LogP contribution is -2.21. The summed E-state index contributed by atoms with van der Waals surface area (Å²) in [7, 11) is -3.71. The number of hydrogen-bond acceptors (Lipinski definition) is 4. The van der Waals surface area contributed by atoms with Crippen molar-refractivity contribution in [2.75, 3.05) is 0 Å². The van der Waals surface area contributed by atoms with Crippen LogP contribution in [-0.4, -0.2) is 23.7 Å². The number of benzene rings is 2. The van der Waals surface area contributed by atoms with Crippen LogP contribution < -0.4 is 4.83 Å². The first-order valence-electron chi connectivity index (χ1n) is 8.09. The first-order valence-corrected chi connectivity index (χ1v) is 9.57. The molecule has 3 rings (SSSR count). The summed E-state index contributed by atoms with van der Waals surface area (Å²) in [6.45, 7) is 5.38. The number of imidazole rings is 1. The minimum absolute atomic E-state index is 0.240. The first-order chi connectivity index (χ1) is 12.4. The Morgan fingerprint density at radius 2 is 1.85 bits per heavy atom. The first kappa shape index (κ1) is 17.9. The molecule has 6 nitrogen and oxygen atoms in total. The van der Waals surface area contributed by atoms with Crippen LogP contribution in [0, 0.1) is 13.8 Å². The quantitative estimate of drug-likeness (QED) is 0.555. The molecule has 0 amide bonds. The fourth-order valence-electron chi connectivity index (χ4n) is 2.53. The maximum absolute atomic E-state index is 12.5. The molecule has 134 valence electrons. The minimum atomic E-state index is -3.71. The van der Waals surface area contributed by atoms with Gasteiger partial charge in [0.05, 0.1) is 16.9 Å². The summed E-state index contributed by atoms with van der Waals surface area (Å²) in [4.78, 5) is 6.59. The number of hydrogen-bond donors (Lipinski definition) is 1. The Morgan fingerprint density at radius 1 is 1.12 bits per heavy atom. The molecule has 0 aliphatic carbocycles. The fourth-order valence-corrected chi connectivity index (χ4v) is 3.71. The number of nitrogens with one attached hydrogen (secondary N) is 1. The van der Waals surface area contributed by atoms with Gasteiger partial charge in [-0.05, 0) is 55.7 Å². The van der Waals surface area contributed by atoms with Gasteiger partial charge in [-0.15, -0.1) is 0 Å². The van der Waals surface area contributed by atoms with Gasteiger partial charge in [-0.25, -0.2) is 4.98 Å². The number of sulfonamides is 1. The molecular weight excluding hydrogens is 348 g/mol. The molecule has 1 heterocycles. The third-order valence-corrected chi connectivity index (χ3v) is 5.40. The third kappa shape index (κ3) is 3.83. The predicted octanol–water partition coefficient (Wildman–Crippen LogP) is 3.19. The van der Waals surface area contributed by atoms with E-state index in [0.29, 0.717) is 11.3 Å². The fraction of sp³-hybridized carbons (Fsp3) is 0.158. The van der Waals surface area contributed by atoms with Gasteiger partial charge < -0.3 is 4.57 Å². The Morgan fingerprint density at radius 3 is 2.50 bits per heavy atom. The van der Waals surface area contributed by atoms with Crippen molar-refractivity contribution in [2.24, 2.45) is 5.10 Å². The van der Waals surface area contributed by atoms with Crippen LogP contribution in [0.3, 0.4) is 0 Å². The van der Waals surface area contributed by atoms with Crippen molar-refractivity contribution in [3.8, 4) is 5.69 Å². The van der Waals surface area contributed by atoms with Crippen LogP contribution >= 0.6 is 0 Å². The molecule has 0 aliphatic heterocycles. The average Bonchev–Trinajstić information content (AvgIpc) is 3.16. The Balaban J connectivity index is 1.80. The van der Waals surface area contributed by atoms with E-state index in [1.54, 1.807) is 38.5 Å². The van der Waals surface area contributed by atoms with Gasteiger partial charge >= 0.3 is 0 Å². The van der Waals surface area contributed by atoms with E-state index in [1.807, 2.05) is 48.0 Å². The second-order valence-electron chi connectivity index (χ2n) is 6.08. The van der Waals surface area contributed by atoms with Crippen LogP contribution in [0.25, 0.3) is 5.69 Å². The summed E-state index contributed by atoms with van der Waals surface area (Å²) in [5.41, 5.74) is 3.94. The number of aryl methyl sites for hydroxylation is 2. The number of nitrogens with zero attached hydrogens (tertiary/aromatic N) is 3. The Kier molecular flexibility index (Phi) is 4.90. The van der Waals surface area contributed by atoms with Crippen molar-refractivity contribution in [1.29, 1.82) is 0 Å². The predicted molar refractivity (Wildman–Crippen MR) is 102 cm³/mol. The molecular formula is C19H20N4O2S. The molecule has 1 N–H and O–H groups in total. The number of rotatable bonds is 5. The molecule has 0 atom stereocenters. The topological polar surface area (TPSA) is 76.3 Å². The van der Waals surface area contributed by atoms with E-state index >= 15 is 0 Å². The smallest absolute Gasteiger partial charge is 0.276 e. The molecule has 0 bridgehead atoms. The van der Waals surface area contributed by atoms with Crippen LogP contribution in [0.1, 0.15) is 23.6 Å². The van der Waals surface area contributed by atoms with Crippen LogP contribution in [0.2, 0.25) is 0 Å². The standard InChI is InChI=1S/C19H20N4O2S/c1-14-4-5-15(2)19(12-14)26(24,25)22-21-16(3)17-6-8-18(9-7-17)23-11-10-20-13-23/h4-13,22H,1-3H3/b21-16-. The van der Waals surface area contributed by atoms with Gasteiger partial charge in [0.25, 0.3) is 10.0 Å². The molecule has 0 saturated heterocycles. The van der Waals surface area contributed by atoms with E-state index in [9.17, 15) is 8.42 Å². The van der Waals surface area contributed by atoms with Gasteiger partial charge in [0.2, 0.25) is 0 Å². The third-order valence-electron chi connectivity index (χ3n) is 4.05. The normalized spacial score (nSPS) is 12.2. The van der Waals surface area contributed by atoms with Gasteiger partial charge in [-0.3, -0.25) is 0 Å². The van der Waals surface area contributed by atoms with Crippen molar-refractivity contribution >= 4 is 15.7 Å². The van der Waals surface area contributed by atoms with E-state index in [-0.39, 0.29) is 4.90 Å². The van der Waals surface area contributed by atoms with E-state index in [1.165, 1.54) is 0 Å². The molecule has 0 radical (unpaired) electrons. The summed E-state index contributed by atoms with van der Waals surface area (Å²) in [6, 6.07) is 12.9. The molecule has 26 heavy (non-hydrogen) atoms. The van der Waals surface area contributed by atoms with Crippen LogP contribution in [0.4, 0.5) is 0 Å². The van der Waals surface area contributed by atoms with Gasteiger partial charge in [0.1, 0.15) is 0 Å². The van der Waals surface area contributed by atoms with Gasteiger partial charge in [-0.2, -0.15) is 18.4 Å². The van der Waals surface area contributed by atoms with E-state index < -0.39 is 10.0 Å². The highest BCUT2D eigenvalue weighted by molar-refractivity contribution is 7.89. The largest absolute Gasteiger partial charge is 0.306 e. The van der Waals surface area contributed by atoms with Crippen LogP contribution in [0.15, 0.2) is 71.2 Å². The molecule has 0 saturated carbocycles. The second kappa shape index (κ2) is 7.13. The zero-order chi connectivity index (χ0) is 18.7. The Hall–Kier alpha value is -2.93. The van der Waals surface area contributed by atoms with Crippen molar-refractivity contribution in [3.05, 3.63) is 77.9 Å². The van der Waals surface area contributed by atoms with Crippen molar-refractivity contribution in [3.63, 3.8) is 0 Å². The molecule has 7 heteroatoms. The van der Waals surface area contributed by atoms with E-state index in [4.69, 9.17) is 0 Å². The van der Waals surface area contributed by atoms with Crippen LogP contribution in [-0.2, 0) is 10.0 Å². The van der Waals surface area contributed by atoms with Gasteiger partial charge in [-0.1, -0.05) is 24.3 Å².